The lowest BCUT2D eigenvalue weighted by Gasteiger charge is -1.98. The second-order valence-electron chi connectivity index (χ2n) is 4.85. The molecule has 3 aromatic rings. The molecule has 2 aromatic heterocycles. The normalized spacial score (nSPS) is 11.3. The van der Waals surface area contributed by atoms with Crippen molar-refractivity contribution >= 4 is 33.7 Å². The average molecular weight is 327 g/mol. The van der Waals surface area contributed by atoms with Crippen LogP contribution in [0.1, 0.15) is 27.7 Å². The van der Waals surface area contributed by atoms with Gasteiger partial charge in [-0.2, -0.15) is 9.78 Å². The van der Waals surface area contributed by atoms with E-state index in [4.69, 9.17) is 5.11 Å². The molecular weight excluding hydrogens is 314 g/mol. The summed E-state index contributed by atoms with van der Waals surface area (Å²) in [5, 5.41) is 13.5. The van der Waals surface area contributed by atoms with Gasteiger partial charge in [0.2, 0.25) is 0 Å². The topological polar surface area (TPSA) is 84.5 Å². The third-order valence-corrected chi connectivity index (χ3v) is 4.51. The Hall–Kier alpha value is -2.80. The minimum atomic E-state index is -0.983. The molecule has 0 aliphatic carbocycles. The van der Waals surface area contributed by atoms with Gasteiger partial charge in [-0.15, -0.1) is 11.3 Å². The van der Waals surface area contributed by atoms with Crippen LogP contribution >= 0.6 is 11.3 Å². The second kappa shape index (κ2) is 6.13. The largest absolute Gasteiger partial charge is 0.478 e. The van der Waals surface area contributed by atoms with E-state index < -0.39 is 5.97 Å². The highest BCUT2D eigenvalue weighted by molar-refractivity contribution is 7.18. The summed E-state index contributed by atoms with van der Waals surface area (Å²) >= 11 is 1.51. The van der Waals surface area contributed by atoms with Crippen LogP contribution in [0.2, 0.25) is 0 Å². The fraction of sp³-hybridized carbons (Fsp3) is 0.125. The molecule has 0 unspecified atom stereocenters. The Morgan fingerprint density at radius 1 is 1.39 bits per heavy atom. The Bertz CT molecular complexity index is 955. The molecule has 0 spiro atoms. The van der Waals surface area contributed by atoms with Crippen LogP contribution in [0.25, 0.3) is 10.2 Å². The van der Waals surface area contributed by atoms with Crippen molar-refractivity contribution < 1.29 is 9.90 Å². The molecule has 0 saturated carbocycles. The SMILES string of the molecule is CCc1cc2c(=O)n(/N=C/c3ccc(C(=O)O)cc3)cnc2s1. The predicted molar refractivity (Wildman–Crippen MR) is 89.7 cm³/mol. The Morgan fingerprint density at radius 2 is 2.13 bits per heavy atom. The Balaban J connectivity index is 1.92. The van der Waals surface area contributed by atoms with Crippen LogP contribution in [0.15, 0.2) is 46.6 Å². The number of carboxylic acids is 1. The average Bonchev–Trinajstić information content (AvgIpc) is 2.99. The summed E-state index contributed by atoms with van der Waals surface area (Å²) < 4.78 is 1.18. The molecule has 0 amide bonds. The number of carbonyl (C=O) groups is 1. The van der Waals surface area contributed by atoms with Crippen LogP contribution in [0, 0.1) is 0 Å². The first-order valence-corrected chi connectivity index (χ1v) is 7.78. The molecule has 0 aliphatic rings. The number of thiophene rings is 1. The maximum atomic E-state index is 12.4. The van der Waals surface area contributed by atoms with E-state index >= 15 is 0 Å². The van der Waals surface area contributed by atoms with Crippen molar-refractivity contribution in [2.45, 2.75) is 13.3 Å². The summed E-state index contributed by atoms with van der Waals surface area (Å²) in [6.07, 6.45) is 3.75. The number of carboxylic acid groups (broad SMARTS) is 1. The molecule has 7 heteroatoms. The summed E-state index contributed by atoms with van der Waals surface area (Å²) in [5.41, 5.74) is 0.679. The number of nitrogens with zero attached hydrogens (tertiary/aromatic N) is 3. The van der Waals surface area contributed by atoms with Gasteiger partial charge in [0.15, 0.2) is 0 Å². The van der Waals surface area contributed by atoms with Crippen molar-refractivity contribution in [3.05, 3.63) is 63.0 Å². The third kappa shape index (κ3) is 3.04. The van der Waals surface area contributed by atoms with E-state index in [1.807, 2.05) is 13.0 Å². The van der Waals surface area contributed by atoms with Crippen LogP contribution in [0.4, 0.5) is 0 Å². The molecule has 0 atom stereocenters. The fourth-order valence-electron chi connectivity index (χ4n) is 2.06. The summed E-state index contributed by atoms with van der Waals surface area (Å²) in [7, 11) is 0. The molecule has 0 fully saturated rings. The molecule has 0 saturated heterocycles. The van der Waals surface area contributed by atoms with Gasteiger partial charge in [-0.3, -0.25) is 4.79 Å². The summed E-state index contributed by atoms with van der Waals surface area (Å²) in [6, 6.07) is 8.08. The zero-order chi connectivity index (χ0) is 16.4. The summed E-state index contributed by atoms with van der Waals surface area (Å²) in [4.78, 5) is 29.2. The Morgan fingerprint density at radius 3 is 2.78 bits per heavy atom. The van der Waals surface area contributed by atoms with Gasteiger partial charge >= 0.3 is 5.97 Å². The molecule has 0 radical (unpaired) electrons. The van der Waals surface area contributed by atoms with Crippen molar-refractivity contribution in [3.63, 3.8) is 0 Å². The zero-order valence-corrected chi connectivity index (χ0v) is 13.1. The highest BCUT2D eigenvalue weighted by Crippen LogP contribution is 2.20. The zero-order valence-electron chi connectivity index (χ0n) is 12.3. The van der Waals surface area contributed by atoms with E-state index in [0.29, 0.717) is 15.8 Å². The number of fused-ring (bicyclic) bond motifs is 1. The van der Waals surface area contributed by atoms with Gasteiger partial charge in [0, 0.05) is 4.88 Å². The standard InChI is InChI=1S/C16H13N3O3S/c1-2-12-7-13-14(23-12)17-9-19(15(13)20)18-8-10-3-5-11(6-4-10)16(21)22/h3-9H,2H2,1H3,(H,21,22)/b18-8+. The number of hydrogen-bond donors (Lipinski definition) is 1. The monoisotopic (exact) mass is 327 g/mol. The maximum Gasteiger partial charge on any atom is 0.335 e. The van der Waals surface area contributed by atoms with Crippen molar-refractivity contribution in [1.29, 1.82) is 0 Å². The molecule has 2 heterocycles. The van der Waals surface area contributed by atoms with Crippen LogP contribution < -0.4 is 5.56 Å². The first-order valence-electron chi connectivity index (χ1n) is 6.96. The predicted octanol–water partition coefficient (Wildman–Crippen LogP) is 2.60. The van der Waals surface area contributed by atoms with Crippen LogP contribution in [0.5, 0.6) is 0 Å². The number of aromatic nitrogens is 2. The molecule has 23 heavy (non-hydrogen) atoms. The van der Waals surface area contributed by atoms with E-state index in [9.17, 15) is 9.59 Å². The second-order valence-corrected chi connectivity index (χ2v) is 5.97. The van der Waals surface area contributed by atoms with E-state index in [2.05, 4.69) is 10.1 Å². The van der Waals surface area contributed by atoms with E-state index in [1.54, 1.807) is 12.1 Å². The molecule has 1 N–H and O–H groups in total. The van der Waals surface area contributed by atoms with Crippen molar-refractivity contribution in [1.82, 2.24) is 9.66 Å². The van der Waals surface area contributed by atoms with Crippen molar-refractivity contribution in [2.75, 3.05) is 0 Å². The molecule has 1 aromatic carbocycles. The minimum Gasteiger partial charge on any atom is -0.478 e. The van der Waals surface area contributed by atoms with Gasteiger partial charge < -0.3 is 5.11 Å². The molecule has 0 bridgehead atoms. The first-order chi connectivity index (χ1) is 11.1. The molecule has 116 valence electrons. The van der Waals surface area contributed by atoms with Crippen molar-refractivity contribution in [3.8, 4) is 0 Å². The van der Waals surface area contributed by atoms with Gasteiger partial charge in [0.05, 0.1) is 17.2 Å². The number of aryl methyl sites for hydroxylation is 1. The summed E-state index contributed by atoms with van der Waals surface area (Å²) in [6.45, 7) is 2.03. The highest BCUT2D eigenvalue weighted by atomic mass is 32.1. The highest BCUT2D eigenvalue weighted by Gasteiger charge is 2.07. The number of aromatic carboxylic acids is 1. The van der Waals surface area contributed by atoms with Gasteiger partial charge in [-0.25, -0.2) is 9.78 Å². The first kappa shape index (κ1) is 15.1. The number of hydrogen-bond acceptors (Lipinski definition) is 5. The van der Waals surface area contributed by atoms with Gasteiger partial charge in [-0.05, 0) is 30.2 Å². The van der Waals surface area contributed by atoms with Gasteiger partial charge in [-0.1, -0.05) is 19.1 Å². The molecule has 0 aliphatic heterocycles. The van der Waals surface area contributed by atoms with E-state index in [-0.39, 0.29) is 11.1 Å². The molecule has 3 rings (SSSR count). The van der Waals surface area contributed by atoms with Gasteiger partial charge in [0.1, 0.15) is 11.2 Å². The Kier molecular flexibility index (Phi) is 4.03. The van der Waals surface area contributed by atoms with Gasteiger partial charge in [0.25, 0.3) is 5.56 Å². The van der Waals surface area contributed by atoms with Crippen LogP contribution in [-0.4, -0.2) is 27.0 Å². The minimum absolute atomic E-state index is 0.202. The quantitative estimate of drug-likeness (QED) is 0.747. The van der Waals surface area contributed by atoms with E-state index in [1.165, 1.54) is 40.7 Å². The third-order valence-electron chi connectivity index (χ3n) is 3.32. The smallest absolute Gasteiger partial charge is 0.335 e. The lowest BCUT2D eigenvalue weighted by atomic mass is 10.1. The summed E-state index contributed by atoms with van der Waals surface area (Å²) in [5.74, 6) is -0.983. The van der Waals surface area contributed by atoms with Crippen LogP contribution in [0.3, 0.4) is 0 Å². The van der Waals surface area contributed by atoms with E-state index in [0.717, 1.165) is 11.3 Å². The van der Waals surface area contributed by atoms with Crippen molar-refractivity contribution in [2.24, 2.45) is 5.10 Å². The fourth-order valence-corrected chi connectivity index (χ4v) is 2.99. The number of rotatable bonds is 4. The lowest BCUT2D eigenvalue weighted by Crippen LogP contribution is -2.16. The molecule has 6 nitrogen and oxygen atoms in total. The maximum absolute atomic E-state index is 12.4. The van der Waals surface area contributed by atoms with Crippen LogP contribution in [-0.2, 0) is 6.42 Å². The lowest BCUT2D eigenvalue weighted by molar-refractivity contribution is 0.0697. The Labute approximate surface area is 135 Å². The molecular formula is C16H13N3O3S. The number of benzene rings is 1.